The predicted octanol–water partition coefficient (Wildman–Crippen LogP) is 1.83. The Morgan fingerprint density at radius 2 is 1.72 bits per heavy atom. The van der Waals surface area contributed by atoms with E-state index in [0.29, 0.717) is 28.1 Å². The lowest BCUT2D eigenvalue weighted by atomic mass is 10.1. The molecule has 0 aliphatic heterocycles. The van der Waals surface area contributed by atoms with E-state index < -0.39 is 17.1 Å². The number of nitrogens with one attached hydrogen (secondary N) is 3. The van der Waals surface area contributed by atoms with Crippen molar-refractivity contribution >= 4 is 28.6 Å². The molecule has 4 aromatic rings. The maximum absolute atomic E-state index is 12.5. The number of rotatable bonds is 4. The first-order valence-electron chi connectivity index (χ1n) is 9.79. The topological polar surface area (TPSA) is 139 Å². The molecule has 0 fully saturated rings. The zero-order chi connectivity index (χ0) is 23.2. The molecule has 4 N–H and O–H groups in total. The quantitative estimate of drug-likeness (QED) is 0.363. The molecule has 0 saturated heterocycles. The first-order valence-corrected chi connectivity index (χ1v) is 9.79. The van der Waals surface area contributed by atoms with Gasteiger partial charge in [-0.25, -0.2) is 14.2 Å². The van der Waals surface area contributed by atoms with Gasteiger partial charge in [-0.2, -0.15) is 0 Å². The fraction of sp³-hybridized carbons (Fsp3) is 0.182. The van der Waals surface area contributed by atoms with Crippen LogP contribution < -0.4 is 21.8 Å². The van der Waals surface area contributed by atoms with Gasteiger partial charge in [0.05, 0.1) is 28.1 Å². The lowest BCUT2D eigenvalue weighted by Crippen LogP contribution is -2.31. The Balaban J connectivity index is 1.90. The fourth-order valence-electron chi connectivity index (χ4n) is 3.51. The lowest BCUT2D eigenvalue weighted by molar-refractivity contribution is 0.430. The second-order valence-electron chi connectivity index (χ2n) is 7.67. The highest BCUT2D eigenvalue weighted by atomic mass is 16.3. The molecule has 10 nitrogen and oxygen atoms in total. The largest absolute Gasteiger partial charge is 0.493 e. The number of aromatic hydroxyl groups is 1. The van der Waals surface area contributed by atoms with Gasteiger partial charge in [-0.1, -0.05) is 12.1 Å². The number of fused-ring (bicyclic) bond motifs is 1. The van der Waals surface area contributed by atoms with Crippen molar-refractivity contribution in [1.82, 2.24) is 19.5 Å². The third-order valence-corrected chi connectivity index (χ3v) is 5.36. The molecule has 0 amide bonds. The molecular weight excluding hydrogens is 412 g/mol. The van der Waals surface area contributed by atoms with E-state index in [2.05, 4.69) is 19.9 Å². The van der Waals surface area contributed by atoms with Crippen LogP contribution in [0.1, 0.15) is 16.7 Å². The van der Waals surface area contributed by atoms with Crippen LogP contribution in [0.4, 0.5) is 11.4 Å². The van der Waals surface area contributed by atoms with Crippen molar-refractivity contribution in [1.29, 1.82) is 0 Å². The summed E-state index contributed by atoms with van der Waals surface area (Å²) in [6, 6.07) is 8.74. The van der Waals surface area contributed by atoms with E-state index >= 15 is 0 Å². The van der Waals surface area contributed by atoms with Crippen LogP contribution in [0.25, 0.3) is 16.7 Å². The summed E-state index contributed by atoms with van der Waals surface area (Å²) in [6.07, 6.45) is 1.20. The number of aromatic amines is 3. The summed E-state index contributed by atoms with van der Waals surface area (Å²) >= 11 is 0. The Labute approximate surface area is 181 Å². The molecule has 0 saturated carbocycles. The van der Waals surface area contributed by atoms with Crippen LogP contribution in [0.15, 0.2) is 49.7 Å². The van der Waals surface area contributed by atoms with Gasteiger partial charge in [-0.15, -0.1) is 0 Å². The first-order chi connectivity index (χ1) is 15.2. The van der Waals surface area contributed by atoms with Crippen LogP contribution in [0.3, 0.4) is 0 Å². The molecule has 0 unspecified atom stereocenters. The molecule has 0 bridgehead atoms. The van der Waals surface area contributed by atoms with Crippen LogP contribution in [0.2, 0.25) is 0 Å². The molecule has 2 aromatic carbocycles. The minimum absolute atomic E-state index is 0.169. The number of hydrogen-bond donors (Lipinski definition) is 4. The molecule has 0 aliphatic carbocycles. The highest BCUT2D eigenvalue weighted by molar-refractivity contribution is 5.91. The standard InChI is InChI=1S/C22H22N6O4/c1-11-6-5-7-17(12(11)2)28-20(30)13(19(29)26-22(28)32)10-23-16-8-14-15(25-21(31)24-14)9-18(16)27(3)4/h5-10,30H,1-4H3,(H2,24,25,31)(H,26,29,32). The summed E-state index contributed by atoms with van der Waals surface area (Å²) in [5.41, 5.74) is 2.45. The van der Waals surface area contributed by atoms with Crippen molar-refractivity contribution in [3.63, 3.8) is 0 Å². The predicted molar refractivity (Wildman–Crippen MR) is 124 cm³/mol. The van der Waals surface area contributed by atoms with Gasteiger partial charge in [0.15, 0.2) is 0 Å². The Hall–Kier alpha value is -4.34. The maximum Gasteiger partial charge on any atom is 0.335 e. The van der Waals surface area contributed by atoms with E-state index in [1.807, 2.05) is 34.0 Å². The van der Waals surface area contributed by atoms with Crippen LogP contribution in [0, 0.1) is 13.8 Å². The Morgan fingerprint density at radius 3 is 2.41 bits per heavy atom. The molecular formula is C22H22N6O4. The number of imidazole rings is 1. The normalized spacial score (nSPS) is 11.5. The summed E-state index contributed by atoms with van der Waals surface area (Å²) in [5, 5.41) is 10.8. The average molecular weight is 434 g/mol. The van der Waals surface area contributed by atoms with Gasteiger partial charge < -0.3 is 20.0 Å². The van der Waals surface area contributed by atoms with Gasteiger partial charge in [0.1, 0.15) is 5.56 Å². The Morgan fingerprint density at radius 1 is 1.03 bits per heavy atom. The van der Waals surface area contributed by atoms with Gasteiger partial charge in [-0.05, 0) is 43.2 Å². The van der Waals surface area contributed by atoms with Crippen LogP contribution in [-0.2, 0) is 0 Å². The number of aryl methyl sites for hydroxylation is 1. The smallest absolute Gasteiger partial charge is 0.335 e. The van der Waals surface area contributed by atoms with Crippen molar-refractivity contribution in [2.24, 2.45) is 4.99 Å². The number of aliphatic imine (C=N–C) groups is 1. The van der Waals surface area contributed by atoms with Crippen LogP contribution >= 0.6 is 0 Å². The Bertz CT molecular complexity index is 1550. The number of H-pyrrole nitrogens is 3. The first kappa shape index (κ1) is 20.9. The molecule has 164 valence electrons. The Kier molecular flexibility index (Phi) is 5.05. The third-order valence-electron chi connectivity index (χ3n) is 5.36. The van der Waals surface area contributed by atoms with Gasteiger partial charge in [0, 0.05) is 20.3 Å². The second-order valence-corrected chi connectivity index (χ2v) is 7.67. The monoisotopic (exact) mass is 434 g/mol. The van der Waals surface area contributed by atoms with Crippen molar-refractivity contribution < 1.29 is 5.11 Å². The summed E-state index contributed by atoms with van der Waals surface area (Å²) in [4.78, 5) is 50.4. The zero-order valence-corrected chi connectivity index (χ0v) is 18.0. The summed E-state index contributed by atoms with van der Waals surface area (Å²) < 4.78 is 1.05. The van der Waals surface area contributed by atoms with Gasteiger partial charge in [0.25, 0.3) is 5.56 Å². The van der Waals surface area contributed by atoms with E-state index in [4.69, 9.17) is 0 Å². The molecule has 2 heterocycles. The minimum atomic E-state index is -0.764. The van der Waals surface area contributed by atoms with Crippen molar-refractivity contribution in [3.05, 3.63) is 78.3 Å². The van der Waals surface area contributed by atoms with E-state index in [1.165, 1.54) is 6.21 Å². The molecule has 32 heavy (non-hydrogen) atoms. The maximum atomic E-state index is 12.5. The number of benzene rings is 2. The van der Waals surface area contributed by atoms with Crippen molar-refractivity contribution in [2.75, 3.05) is 19.0 Å². The minimum Gasteiger partial charge on any atom is -0.493 e. The molecule has 2 aromatic heterocycles. The van der Waals surface area contributed by atoms with Gasteiger partial charge in [-0.3, -0.25) is 14.8 Å². The molecule has 10 heteroatoms. The highest BCUT2D eigenvalue weighted by Gasteiger charge is 2.17. The van der Waals surface area contributed by atoms with Gasteiger partial charge in [0.2, 0.25) is 5.88 Å². The lowest BCUT2D eigenvalue weighted by Gasteiger charge is -2.15. The van der Waals surface area contributed by atoms with E-state index in [-0.39, 0.29) is 11.3 Å². The molecule has 0 radical (unpaired) electrons. The summed E-state index contributed by atoms with van der Waals surface area (Å²) in [7, 11) is 3.63. The van der Waals surface area contributed by atoms with E-state index in [0.717, 1.165) is 15.7 Å². The third kappa shape index (κ3) is 3.51. The van der Waals surface area contributed by atoms with E-state index in [9.17, 15) is 19.5 Å². The number of anilines is 1. The van der Waals surface area contributed by atoms with Crippen LogP contribution in [0.5, 0.6) is 5.88 Å². The fourth-order valence-corrected chi connectivity index (χ4v) is 3.51. The molecule has 0 spiro atoms. The van der Waals surface area contributed by atoms with Crippen molar-refractivity contribution in [3.8, 4) is 11.6 Å². The number of hydrogen-bond acceptors (Lipinski definition) is 6. The highest BCUT2D eigenvalue weighted by Crippen LogP contribution is 2.31. The molecule has 0 atom stereocenters. The van der Waals surface area contributed by atoms with Gasteiger partial charge >= 0.3 is 11.4 Å². The summed E-state index contributed by atoms with van der Waals surface area (Å²) in [6.45, 7) is 3.71. The van der Waals surface area contributed by atoms with Crippen LogP contribution in [-0.4, -0.2) is 44.9 Å². The number of aromatic nitrogens is 4. The average Bonchev–Trinajstić information content (AvgIpc) is 3.08. The second kappa shape index (κ2) is 7.73. The number of nitrogens with zero attached hydrogens (tertiary/aromatic N) is 3. The van der Waals surface area contributed by atoms with Crippen molar-refractivity contribution in [2.45, 2.75) is 13.8 Å². The summed E-state index contributed by atoms with van der Waals surface area (Å²) in [5.74, 6) is -0.515. The SMILES string of the molecule is Cc1cccc(-n2c(O)c(C=Nc3cc4[nH]c(=O)[nH]c4cc3N(C)C)c(=O)[nH]c2=O)c1C. The molecule has 0 aliphatic rings. The van der Waals surface area contributed by atoms with E-state index in [1.54, 1.807) is 29.2 Å². The zero-order valence-electron chi connectivity index (χ0n) is 18.0. The molecule has 4 rings (SSSR count).